The van der Waals surface area contributed by atoms with Gasteiger partial charge in [-0.25, -0.2) is 0 Å². The quantitative estimate of drug-likeness (QED) is 0.279. The lowest BCUT2D eigenvalue weighted by Crippen LogP contribution is -2.13. The SMILES string of the molecule is CCOc1ccc(C(=O)Nc2ccc(Oc3ccccc3)cc2)cc1COc1ccc(OC)cc1. The van der Waals surface area contributed by atoms with Crippen LogP contribution in [-0.4, -0.2) is 19.6 Å². The van der Waals surface area contributed by atoms with E-state index in [2.05, 4.69) is 5.32 Å². The molecule has 1 N–H and O–H groups in total. The number of rotatable bonds is 10. The molecule has 0 heterocycles. The van der Waals surface area contributed by atoms with Gasteiger partial charge in [0.2, 0.25) is 0 Å². The fourth-order valence-corrected chi connectivity index (χ4v) is 3.40. The zero-order valence-corrected chi connectivity index (χ0v) is 19.7. The molecule has 1 amide bonds. The van der Waals surface area contributed by atoms with Crippen LogP contribution < -0.4 is 24.3 Å². The molecule has 0 aliphatic carbocycles. The van der Waals surface area contributed by atoms with Crippen molar-refractivity contribution in [2.24, 2.45) is 0 Å². The zero-order chi connectivity index (χ0) is 24.5. The Kier molecular flexibility index (Phi) is 7.86. The third kappa shape index (κ3) is 6.54. The molecule has 0 fully saturated rings. The number of anilines is 1. The normalized spacial score (nSPS) is 10.3. The third-order valence-corrected chi connectivity index (χ3v) is 5.17. The van der Waals surface area contributed by atoms with Crippen molar-refractivity contribution >= 4 is 11.6 Å². The number of hydrogen-bond acceptors (Lipinski definition) is 5. The lowest BCUT2D eigenvalue weighted by atomic mass is 10.1. The first-order chi connectivity index (χ1) is 17.1. The summed E-state index contributed by atoms with van der Waals surface area (Å²) in [6, 6.07) is 29.4. The van der Waals surface area contributed by atoms with Gasteiger partial charge in [-0.2, -0.15) is 0 Å². The van der Waals surface area contributed by atoms with Gasteiger partial charge in [-0.1, -0.05) is 18.2 Å². The fraction of sp³-hybridized carbons (Fsp3) is 0.138. The lowest BCUT2D eigenvalue weighted by Gasteiger charge is -2.14. The van der Waals surface area contributed by atoms with Crippen molar-refractivity contribution in [1.29, 1.82) is 0 Å². The molecule has 0 aromatic heterocycles. The Labute approximate surface area is 205 Å². The number of nitrogens with one attached hydrogen (secondary N) is 1. The second kappa shape index (κ2) is 11.6. The maximum Gasteiger partial charge on any atom is 0.255 e. The predicted octanol–water partition coefficient (Wildman–Crippen LogP) is 6.72. The molecule has 4 rings (SSSR count). The van der Waals surface area contributed by atoms with Crippen molar-refractivity contribution < 1.29 is 23.7 Å². The molecule has 6 heteroatoms. The van der Waals surface area contributed by atoms with Gasteiger partial charge in [-0.15, -0.1) is 0 Å². The van der Waals surface area contributed by atoms with Crippen molar-refractivity contribution in [3.63, 3.8) is 0 Å². The van der Waals surface area contributed by atoms with Gasteiger partial charge >= 0.3 is 0 Å². The van der Waals surface area contributed by atoms with Crippen molar-refractivity contribution in [3.05, 3.63) is 108 Å². The van der Waals surface area contributed by atoms with Crippen LogP contribution in [0.5, 0.6) is 28.7 Å². The summed E-state index contributed by atoms with van der Waals surface area (Å²) in [6.45, 7) is 2.69. The van der Waals surface area contributed by atoms with E-state index < -0.39 is 0 Å². The summed E-state index contributed by atoms with van der Waals surface area (Å²) < 4.78 is 22.6. The first-order valence-corrected chi connectivity index (χ1v) is 11.3. The third-order valence-electron chi connectivity index (χ3n) is 5.17. The number of hydrogen-bond donors (Lipinski definition) is 1. The van der Waals surface area contributed by atoms with E-state index in [1.807, 2.05) is 73.7 Å². The van der Waals surface area contributed by atoms with E-state index in [1.165, 1.54) is 0 Å². The molecular formula is C29H27NO5. The number of para-hydroxylation sites is 1. The largest absolute Gasteiger partial charge is 0.497 e. The Morgan fingerprint density at radius 3 is 2.09 bits per heavy atom. The first kappa shape index (κ1) is 23.7. The molecule has 0 unspecified atom stereocenters. The summed E-state index contributed by atoms with van der Waals surface area (Å²) in [6.07, 6.45) is 0. The van der Waals surface area contributed by atoms with E-state index in [-0.39, 0.29) is 12.5 Å². The van der Waals surface area contributed by atoms with Crippen LogP contribution in [0.1, 0.15) is 22.8 Å². The molecule has 0 bridgehead atoms. The van der Waals surface area contributed by atoms with Gasteiger partial charge in [0.05, 0.1) is 13.7 Å². The molecule has 0 radical (unpaired) electrons. The van der Waals surface area contributed by atoms with Crippen molar-refractivity contribution in [2.45, 2.75) is 13.5 Å². The Morgan fingerprint density at radius 2 is 1.40 bits per heavy atom. The summed E-state index contributed by atoms with van der Waals surface area (Å²) >= 11 is 0. The minimum Gasteiger partial charge on any atom is -0.497 e. The number of methoxy groups -OCH3 is 1. The summed E-state index contributed by atoms with van der Waals surface area (Å²) in [5.41, 5.74) is 1.95. The standard InChI is InChI=1S/C29H27NO5/c1-3-33-28-18-9-21(19-22(28)20-34-25-16-14-24(32-2)15-17-25)29(31)30-23-10-12-27(13-11-23)35-26-7-5-4-6-8-26/h4-19H,3,20H2,1-2H3,(H,30,31). The summed E-state index contributed by atoms with van der Waals surface area (Å²) in [5, 5.41) is 2.92. The van der Waals surface area contributed by atoms with Crippen LogP contribution in [0.4, 0.5) is 5.69 Å². The van der Waals surface area contributed by atoms with Crippen LogP contribution in [0.15, 0.2) is 97.1 Å². The second-order valence-corrected chi connectivity index (χ2v) is 7.61. The number of carbonyl (C=O) groups is 1. The van der Waals surface area contributed by atoms with Gasteiger partial charge in [0.15, 0.2) is 0 Å². The fourth-order valence-electron chi connectivity index (χ4n) is 3.40. The summed E-state index contributed by atoms with van der Waals surface area (Å²) in [7, 11) is 1.62. The molecule has 0 saturated carbocycles. The number of amides is 1. The highest BCUT2D eigenvalue weighted by Crippen LogP contribution is 2.26. The number of benzene rings is 4. The monoisotopic (exact) mass is 469 g/mol. The molecule has 35 heavy (non-hydrogen) atoms. The maximum atomic E-state index is 12.9. The minimum atomic E-state index is -0.226. The highest BCUT2D eigenvalue weighted by atomic mass is 16.5. The molecule has 4 aromatic rings. The molecule has 0 atom stereocenters. The van der Waals surface area contributed by atoms with E-state index in [1.54, 1.807) is 37.4 Å². The molecule has 4 aromatic carbocycles. The Morgan fingerprint density at radius 1 is 0.743 bits per heavy atom. The average molecular weight is 470 g/mol. The Hall–Kier alpha value is -4.45. The van der Waals surface area contributed by atoms with Gasteiger partial charge in [0, 0.05) is 16.8 Å². The van der Waals surface area contributed by atoms with E-state index in [9.17, 15) is 4.79 Å². The molecule has 6 nitrogen and oxygen atoms in total. The van der Waals surface area contributed by atoms with E-state index in [0.717, 1.165) is 17.1 Å². The zero-order valence-electron chi connectivity index (χ0n) is 19.7. The average Bonchev–Trinajstić information content (AvgIpc) is 2.90. The Balaban J connectivity index is 1.42. The van der Waals surface area contributed by atoms with Crippen LogP contribution in [-0.2, 0) is 6.61 Å². The highest BCUT2D eigenvalue weighted by Gasteiger charge is 2.12. The molecular weight excluding hydrogens is 442 g/mol. The van der Waals surface area contributed by atoms with Gasteiger partial charge in [0.25, 0.3) is 5.91 Å². The highest BCUT2D eigenvalue weighted by molar-refractivity contribution is 6.04. The van der Waals surface area contributed by atoms with Gasteiger partial charge < -0.3 is 24.3 Å². The van der Waals surface area contributed by atoms with Crippen molar-refractivity contribution in [2.75, 3.05) is 19.0 Å². The van der Waals surface area contributed by atoms with Crippen LogP contribution in [0.25, 0.3) is 0 Å². The topological polar surface area (TPSA) is 66.0 Å². The minimum absolute atomic E-state index is 0.226. The molecule has 0 spiro atoms. The number of ether oxygens (including phenoxy) is 4. The molecule has 0 aliphatic rings. The van der Waals surface area contributed by atoms with Crippen molar-refractivity contribution in [3.8, 4) is 28.7 Å². The molecule has 178 valence electrons. The molecule has 0 saturated heterocycles. The summed E-state index contributed by atoms with van der Waals surface area (Å²) in [5.74, 6) is 3.35. The van der Waals surface area contributed by atoms with Crippen LogP contribution in [0.2, 0.25) is 0 Å². The Bertz CT molecular complexity index is 1240. The van der Waals surface area contributed by atoms with Gasteiger partial charge in [-0.3, -0.25) is 4.79 Å². The smallest absolute Gasteiger partial charge is 0.255 e. The second-order valence-electron chi connectivity index (χ2n) is 7.61. The van der Waals surface area contributed by atoms with Gasteiger partial charge in [-0.05, 0) is 85.8 Å². The van der Waals surface area contributed by atoms with E-state index in [0.29, 0.717) is 35.1 Å². The first-order valence-electron chi connectivity index (χ1n) is 11.3. The number of carbonyl (C=O) groups excluding carboxylic acids is 1. The predicted molar refractivity (Wildman–Crippen MR) is 136 cm³/mol. The van der Waals surface area contributed by atoms with Crippen LogP contribution >= 0.6 is 0 Å². The lowest BCUT2D eigenvalue weighted by molar-refractivity contribution is 0.102. The van der Waals surface area contributed by atoms with E-state index in [4.69, 9.17) is 18.9 Å². The van der Waals surface area contributed by atoms with Crippen LogP contribution in [0.3, 0.4) is 0 Å². The van der Waals surface area contributed by atoms with Crippen LogP contribution in [0, 0.1) is 0 Å². The van der Waals surface area contributed by atoms with E-state index >= 15 is 0 Å². The van der Waals surface area contributed by atoms with Gasteiger partial charge in [0.1, 0.15) is 35.4 Å². The molecule has 0 aliphatic heterocycles. The maximum absolute atomic E-state index is 12.9. The van der Waals surface area contributed by atoms with Crippen molar-refractivity contribution in [1.82, 2.24) is 0 Å². The summed E-state index contributed by atoms with van der Waals surface area (Å²) in [4.78, 5) is 12.9.